The smallest absolute Gasteiger partial charge is 0.0795 e. The van der Waals surface area contributed by atoms with Crippen molar-refractivity contribution in [1.29, 1.82) is 0 Å². The summed E-state index contributed by atoms with van der Waals surface area (Å²) in [5.74, 6) is 0. The Hall–Kier alpha value is -1.34. The van der Waals surface area contributed by atoms with E-state index in [1.54, 1.807) is 0 Å². The van der Waals surface area contributed by atoms with E-state index in [0.29, 0.717) is 6.61 Å². The lowest BCUT2D eigenvalue weighted by Crippen LogP contribution is -2.14. The maximum Gasteiger partial charge on any atom is 0.0795 e. The van der Waals surface area contributed by atoms with E-state index in [1.807, 2.05) is 6.07 Å². The molecule has 1 aromatic carbocycles. The molecule has 0 fully saturated rings. The highest BCUT2D eigenvalue weighted by atomic mass is 16.5. The van der Waals surface area contributed by atoms with Gasteiger partial charge in [-0.3, -0.25) is 0 Å². The number of hydrogen-bond acceptors (Lipinski definition) is 1. The summed E-state index contributed by atoms with van der Waals surface area (Å²) in [5.41, 5.74) is 2.67. The molecule has 1 unspecified atom stereocenters. The summed E-state index contributed by atoms with van der Waals surface area (Å²) < 4.78 is 6.04. The zero-order valence-electron chi connectivity index (χ0n) is 10.4. The Morgan fingerprint density at radius 2 is 2.06 bits per heavy atom. The van der Waals surface area contributed by atoms with Gasteiger partial charge in [0.25, 0.3) is 0 Å². The predicted molar refractivity (Wildman–Crippen MR) is 71.8 cm³/mol. The van der Waals surface area contributed by atoms with Crippen LogP contribution in [0.15, 0.2) is 54.1 Å². The molecule has 0 saturated carbocycles. The Balaban J connectivity index is 1.90. The molecule has 0 bridgehead atoms. The molecule has 0 aliphatic heterocycles. The van der Waals surface area contributed by atoms with Crippen LogP contribution >= 0.6 is 0 Å². The second kappa shape index (κ2) is 6.41. The van der Waals surface area contributed by atoms with Gasteiger partial charge in [-0.2, -0.15) is 0 Å². The zero-order chi connectivity index (χ0) is 11.9. The molecule has 0 radical (unpaired) electrons. The van der Waals surface area contributed by atoms with E-state index in [0.717, 1.165) is 19.3 Å². The Labute approximate surface area is 104 Å². The van der Waals surface area contributed by atoms with Crippen molar-refractivity contribution < 1.29 is 4.74 Å². The van der Waals surface area contributed by atoms with Crippen molar-refractivity contribution in [2.45, 2.75) is 38.9 Å². The molecule has 0 aromatic heterocycles. The summed E-state index contributed by atoms with van der Waals surface area (Å²) in [6, 6.07) is 10.4. The van der Waals surface area contributed by atoms with Gasteiger partial charge in [0.05, 0.1) is 12.7 Å². The van der Waals surface area contributed by atoms with Gasteiger partial charge in [-0.15, -0.1) is 0 Å². The fourth-order valence-corrected chi connectivity index (χ4v) is 2.11. The monoisotopic (exact) mass is 228 g/mol. The number of benzene rings is 1. The highest BCUT2D eigenvalue weighted by molar-refractivity contribution is 5.26. The first kappa shape index (κ1) is 12.1. The van der Waals surface area contributed by atoms with E-state index in [2.05, 4.69) is 49.4 Å². The van der Waals surface area contributed by atoms with Crippen LogP contribution in [0.25, 0.3) is 0 Å². The quantitative estimate of drug-likeness (QED) is 0.707. The first-order valence-corrected chi connectivity index (χ1v) is 6.41. The van der Waals surface area contributed by atoms with Crippen molar-refractivity contribution >= 4 is 0 Å². The maximum absolute atomic E-state index is 6.04. The minimum absolute atomic E-state index is 0.287. The first-order chi connectivity index (χ1) is 8.40. The van der Waals surface area contributed by atoms with Crippen molar-refractivity contribution in [2.75, 3.05) is 0 Å². The van der Waals surface area contributed by atoms with Crippen LogP contribution in [0.2, 0.25) is 0 Å². The van der Waals surface area contributed by atoms with Gasteiger partial charge in [0.15, 0.2) is 0 Å². The van der Waals surface area contributed by atoms with Crippen LogP contribution in [-0.4, -0.2) is 6.10 Å². The lowest BCUT2D eigenvalue weighted by Gasteiger charge is -2.18. The SMILES string of the molecule is CCCC(OCc1ccccc1)C1=CC=CC1. The largest absolute Gasteiger partial charge is 0.369 e. The Morgan fingerprint density at radius 3 is 2.71 bits per heavy atom. The molecule has 1 aliphatic carbocycles. The lowest BCUT2D eigenvalue weighted by molar-refractivity contribution is 0.0575. The third-order valence-corrected chi connectivity index (χ3v) is 3.06. The van der Waals surface area contributed by atoms with Crippen LogP contribution in [0.5, 0.6) is 0 Å². The van der Waals surface area contributed by atoms with Crippen LogP contribution in [0.1, 0.15) is 31.7 Å². The molecular weight excluding hydrogens is 208 g/mol. The second-order valence-corrected chi connectivity index (χ2v) is 4.45. The standard InChI is InChI=1S/C16H20O/c1-2-8-16(15-11-6-7-12-15)17-13-14-9-4-3-5-10-14/h3-7,9-11,16H,2,8,12-13H2,1H3. The van der Waals surface area contributed by atoms with Crippen LogP contribution in [0.4, 0.5) is 0 Å². The van der Waals surface area contributed by atoms with Crippen molar-refractivity contribution in [1.82, 2.24) is 0 Å². The van der Waals surface area contributed by atoms with Gasteiger partial charge in [0.2, 0.25) is 0 Å². The highest BCUT2D eigenvalue weighted by Gasteiger charge is 2.14. The summed E-state index contributed by atoms with van der Waals surface area (Å²) in [4.78, 5) is 0. The number of allylic oxidation sites excluding steroid dienone is 3. The number of hydrogen-bond donors (Lipinski definition) is 0. The van der Waals surface area contributed by atoms with Crippen LogP contribution in [0.3, 0.4) is 0 Å². The summed E-state index contributed by atoms with van der Waals surface area (Å²) in [6.45, 7) is 2.92. The summed E-state index contributed by atoms with van der Waals surface area (Å²) in [7, 11) is 0. The van der Waals surface area contributed by atoms with Gasteiger partial charge < -0.3 is 4.74 Å². The van der Waals surface area contributed by atoms with Crippen molar-refractivity contribution in [3.05, 3.63) is 59.7 Å². The van der Waals surface area contributed by atoms with Crippen LogP contribution in [-0.2, 0) is 11.3 Å². The average Bonchev–Trinajstić information content (AvgIpc) is 2.89. The Bertz CT molecular complexity index is 389. The zero-order valence-corrected chi connectivity index (χ0v) is 10.4. The molecule has 1 heteroatoms. The minimum atomic E-state index is 0.287. The molecule has 2 rings (SSSR count). The topological polar surface area (TPSA) is 9.23 Å². The van der Waals surface area contributed by atoms with Gasteiger partial charge >= 0.3 is 0 Å². The molecule has 1 atom stereocenters. The molecule has 1 nitrogen and oxygen atoms in total. The summed E-state index contributed by atoms with van der Waals surface area (Å²) in [5, 5.41) is 0. The molecule has 90 valence electrons. The number of rotatable bonds is 6. The Kier molecular flexibility index (Phi) is 4.57. The van der Waals surface area contributed by atoms with Crippen LogP contribution < -0.4 is 0 Å². The van der Waals surface area contributed by atoms with Gasteiger partial charge in [-0.25, -0.2) is 0 Å². The van der Waals surface area contributed by atoms with E-state index in [1.165, 1.54) is 11.1 Å². The fraction of sp³-hybridized carbons (Fsp3) is 0.375. The molecule has 0 amide bonds. The molecule has 0 spiro atoms. The average molecular weight is 228 g/mol. The fourth-order valence-electron chi connectivity index (χ4n) is 2.11. The maximum atomic E-state index is 6.04. The third-order valence-electron chi connectivity index (χ3n) is 3.06. The van der Waals surface area contributed by atoms with Gasteiger partial charge in [0, 0.05) is 0 Å². The van der Waals surface area contributed by atoms with Crippen molar-refractivity contribution in [3.63, 3.8) is 0 Å². The molecule has 1 aliphatic rings. The third kappa shape index (κ3) is 3.57. The molecule has 1 aromatic rings. The van der Waals surface area contributed by atoms with Crippen molar-refractivity contribution in [3.8, 4) is 0 Å². The Morgan fingerprint density at radius 1 is 1.24 bits per heavy atom. The first-order valence-electron chi connectivity index (χ1n) is 6.41. The van der Waals surface area contributed by atoms with Gasteiger partial charge in [-0.05, 0) is 24.0 Å². The highest BCUT2D eigenvalue weighted by Crippen LogP contribution is 2.22. The molecule has 0 heterocycles. The molecule has 0 saturated heterocycles. The van der Waals surface area contributed by atoms with E-state index in [-0.39, 0.29) is 6.10 Å². The lowest BCUT2D eigenvalue weighted by atomic mass is 10.0. The van der Waals surface area contributed by atoms with E-state index >= 15 is 0 Å². The second-order valence-electron chi connectivity index (χ2n) is 4.45. The summed E-state index contributed by atoms with van der Waals surface area (Å²) >= 11 is 0. The van der Waals surface area contributed by atoms with Crippen LogP contribution in [0, 0.1) is 0 Å². The van der Waals surface area contributed by atoms with Crippen molar-refractivity contribution in [2.24, 2.45) is 0 Å². The van der Waals surface area contributed by atoms with Gasteiger partial charge in [0.1, 0.15) is 0 Å². The van der Waals surface area contributed by atoms with Gasteiger partial charge in [-0.1, -0.05) is 61.9 Å². The minimum Gasteiger partial charge on any atom is -0.369 e. The van der Waals surface area contributed by atoms with E-state index < -0.39 is 0 Å². The normalized spacial score (nSPS) is 15.9. The molecular formula is C16H20O. The van der Waals surface area contributed by atoms with E-state index in [4.69, 9.17) is 4.74 Å². The summed E-state index contributed by atoms with van der Waals surface area (Å²) in [6.07, 6.45) is 10.1. The number of ether oxygens (including phenoxy) is 1. The molecule has 0 N–H and O–H groups in total. The molecule has 17 heavy (non-hydrogen) atoms. The predicted octanol–water partition coefficient (Wildman–Crippen LogP) is 4.26. The van der Waals surface area contributed by atoms with E-state index in [9.17, 15) is 0 Å².